The van der Waals surface area contributed by atoms with Crippen molar-refractivity contribution in [2.24, 2.45) is 5.73 Å². The monoisotopic (exact) mass is 190 g/mol. The fraction of sp³-hybridized carbons (Fsp3) is 0.375. The fourth-order valence-electron chi connectivity index (χ4n) is 0.911. The lowest BCUT2D eigenvalue weighted by Gasteiger charge is -2.08. The summed E-state index contributed by atoms with van der Waals surface area (Å²) in [5.74, 6) is -3.53. The van der Waals surface area contributed by atoms with Gasteiger partial charge in [0.2, 0.25) is 5.95 Å². The summed E-state index contributed by atoms with van der Waals surface area (Å²) < 4.78 is 37.9. The molecule has 0 amide bonds. The molecule has 0 saturated carbocycles. The number of rotatable bonds is 2. The van der Waals surface area contributed by atoms with Crippen LogP contribution in [-0.2, 0) is 0 Å². The van der Waals surface area contributed by atoms with E-state index in [0.717, 1.165) is 0 Å². The molecule has 1 aromatic rings. The Morgan fingerprint density at radius 1 is 1.38 bits per heavy atom. The molecule has 1 heterocycles. The Labute approximate surface area is 73.6 Å². The number of hydrogen-bond acceptors (Lipinski definition) is 2. The van der Waals surface area contributed by atoms with E-state index >= 15 is 0 Å². The third kappa shape index (κ3) is 1.98. The number of aromatic nitrogens is 1. The number of hydrogen-bond donors (Lipinski definition) is 1. The molecule has 0 saturated heterocycles. The van der Waals surface area contributed by atoms with Crippen molar-refractivity contribution in [1.29, 1.82) is 0 Å². The first kappa shape index (κ1) is 9.98. The van der Waals surface area contributed by atoms with Gasteiger partial charge in [-0.3, -0.25) is 0 Å². The van der Waals surface area contributed by atoms with Crippen LogP contribution in [0.1, 0.15) is 25.1 Å². The molecule has 0 aromatic carbocycles. The molecule has 0 aliphatic heterocycles. The van der Waals surface area contributed by atoms with Crippen molar-refractivity contribution >= 4 is 0 Å². The van der Waals surface area contributed by atoms with Gasteiger partial charge in [-0.05, 0) is 6.42 Å². The van der Waals surface area contributed by atoms with E-state index in [2.05, 4.69) is 4.98 Å². The lowest BCUT2D eigenvalue weighted by molar-refractivity contribution is 0.446. The smallest absolute Gasteiger partial charge is 0.249 e. The highest BCUT2D eigenvalue weighted by molar-refractivity contribution is 5.13. The minimum Gasteiger partial charge on any atom is -0.323 e. The van der Waals surface area contributed by atoms with Gasteiger partial charge in [0.15, 0.2) is 5.82 Å². The molecule has 0 aliphatic rings. The maximum absolute atomic E-state index is 12.9. The summed E-state index contributed by atoms with van der Waals surface area (Å²) in [6.45, 7) is 1.70. The van der Waals surface area contributed by atoms with Gasteiger partial charge < -0.3 is 5.73 Å². The summed E-state index contributed by atoms with van der Waals surface area (Å²) in [4.78, 5) is 3.10. The van der Waals surface area contributed by atoms with Crippen molar-refractivity contribution in [2.75, 3.05) is 0 Å². The second kappa shape index (κ2) is 3.74. The molecule has 13 heavy (non-hydrogen) atoms. The zero-order valence-electron chi connectivity index (χ0n) is 7.02. The van der Waals surface area contributed by atoms with E-state index < -0.39 is 23.6 Å². The van der Waals surface area contributed by atoms with Gasteiger partial charge >= 0.3 is 0 Å². The van der Waals surface area contributed by atoms with Crippen LogP contribution >= 0.6 is 0 Å². The molecule has 0 aliphatic carbocycles. The zero-order valence-corrected chi connectivity index (χ0v) is 7.02. The zero-order chi connectivity index (χ0) is 10.0. The minimum atomic E-state index is -1.32. The van der Waals surface area contributed by atoms with Crippen LogP contribution in [0.4, 0.5) is 13.2 Å². The highest BCUT2D eigenvalue weighted by atomic mass is 19.2. The van der Waals surface area contributed by atoms with Crippen LogP contribution in [0, 0.1) is 17.6 Å². The predicted octanol–water partition coefficient (Wildman–Crippen LogP) is 1.91. The Bertz CT molecular complexity index is 315. The molecule has 1 aromatic heterocycles. The second-order valence-electron chi connectivity index (χ2n) is 2.64. The number of nitrogens with two attached hydrogens (primary N) is 1. The van der Waals surface area contributed by atoms with Crippen LogP contribution in [-0.4, -0.2) is 4.98 Å². The molecule has 0 unspecified atom stereocenters. The molecule has 1 rings (SSSR count). The van der Waals surface area contributed by atoms with E-state index in [4.69, 9.17) is 5.73 Å². The Kier molecular flexibility index (Phi) is 2.87. The first-order valence-electron chi connectivity index (χ1n) is 3.83. The third-order valence-corrected chi connectivity index (χ3v) is 1.70. The summed E-state index contributed by atoms with van der Waals surface area (Å²) in [7, 11) is 0. The van der Waals surface area contributed by atoms with Gasteiger partial charge in [0.05, 0.1) is 5.69 Å². The van der Waals surface area contributed by atoms with Crippen molar-refractivity contribution < 1.29 is 13.2 Å². The van der Waals surface area contributed by atoms with Crippen molar-refractivity contribution in [3.05, 3.63) is 29.3 Å². The van der Waals surface area contributed by atoms with E-state index in [1.807, 2.05) is 0 Å². The predicted molar refractivity (Wildman–Crippen MR) is 41.3 cm³/mol. The first-order chi connectivity index (χ1) is 6.06. The molecule has 0 spiro atoms. The average Bonchev–Trinajstić information content (AvgIpc) is 2.10. The Morgan fingerprint density at radius 2 is 2.00 bits per heavy atom. The summed E-state index contributed by atoms with van der Waals surface area (Å²) in [6, 6.07) is -0.247. The van der Waals surface area contributed by atoms with E-state index in [1.54, 1.807) is 6.92 Å². The van der Waals surface area contributed by atoms with Gasteiger partial charge in [-0.25, -0.2) is 13.8 Å². The topological polar surface area (TPSA) is 38.9 Å². The van der Waals surface area contributed by atoms with Crippen molar-refractivity contribution in [3.63, 3.8) is 0 Å². The summed E-state index contributed by atoms with van der Waals surface area (Å²) >= 11 is 0. The van der Waals surface area contributed by atoms with Gasteiger partial charge in [-0.1, -0.05) is 6.92 Å². The molecule has 2 nitrogen and oxygen atoms in total. The van der Waals surface area contributed by atoms with E-state index in [1.165, 1.54) is 0 Å². The van der Waals surface area contributed by atoms with Crippen LogP contribution in [0.2, 0.25) is 0 Å². The van der Waals surface area contributed by atoms with E-state index in [0.29, 0.717) is 12.5 Å². The van der Waals surface area contributed by atoms with Crippen LogP contribution in [0.5, 0.6) is 0 Å². The molecule has 0 radical (unpaired) electrons. The lowest BCUT2D eigenvalue weighted by Crippen LogP contribution is -2.14. The number of nitrogens with zero attached hydrogens (tertiary/aromatic N) is 1. The standard InChI is InChI=1S/C8H9F3N2/c1-2-6(12)7-4(9)3-5(10)8(11)13-7/h3,6H,2,12H2,1H3/t6-/m1/s1. The average molecular weight is 190 g/mol. The Morgan fingerprint density at radius 3 is 2.54 bits per heavy atom. The highest BCUT2D eigenvalue weighted by Gasteiger charge is 2.15. The maximum atomic E-state index is 12.9. The lowest BCUT2D eigenvalue weighted by atomic mass is 10.1. The van der Waals surface area contributed by atoms with Crippen molar-refractivity contribution in [1.82, 2.24) is 4.98 Å². The summed E-state index contributed by atoms with van der Waals surface area (Å²) in [5, 5.41) is 0. The molecule has 0 fully saturated rings. The van der Waals surface area contributed by atoms with Crippen LogP contribution in [0.25, 0.3) is 0 Å². The molecular formula is C8H9F3N2. The van der Waals surface area contributed by atoms with Gasteiger partial charge in [0.25, 0.3) is 0 Å². The van der Waals surface area contributed by atoms with Gasteiger partial charge in [0.1, 0.15) is 5.82 Å². The molecule has 72 valence electrons. The van der Waals surface area contributed by atoms with E-state index in [-0.39, 0.29) is 5.69 Å². The molecule has 0 bridgehead atoms. The SMILES string of the molecule is CC[C@@H](N)c1nc(F)c(F)cc1F. The van der Waals surface area contributed by atoms with Gasteiger partial charge in [0, 0.05) is 12.1 Å². The number of halogens is 3. The summed E-state index contributed by atoms with van der Waals surface area (Å²) in [5.41, 5.74) is 5.19. The second-order valence-corrected chi connectivity index (χ2v) is 2.64. The minimum absolute atomic E-state index is 0.235. The third-order valence-electron chi connectivity index (χ3n) is 1.70. The maximum Gasteiger partial charge on any atom is 0.249 e. The molecular weight excluding hydrogens is 181 g/mol. The van der Waals surface area contributed by atoms with Crippen LogP contribution in [0.3, 0.4) is 0 Å². The fourth-order valence-corrected chi connectivity index (χ4v) is 0.911. The molecule has 1 atom stereocenters. The molecule has 2 N–H and O–H groups in total. The Balaban J connectivity index is 3.15. The van der Waals surface area contributed by atoms with Crippen LogP contribution < -0.4 is 5.73 Å². The van der Waals surface area contributed by atoms with Crippen LogP contribution in [0.15, 0.2) is 6.07 Å². The number of pyridine rings is 1. The van der Waals surface area contributed by atoms with Gasteiger partial charge in [-0.2, -0.15) is 4.39 Å². The Hall–Kier alpha value is -1.10. The van der Waals surface area contributed by atoms with Crippen molar-refractivity contribution in [2.45, 2.75) is 19.4 Å². The largest absolute Gasteiger partial charge is 0.323 e. The van der Waals surface area contributed by atoms with Crippen molar-refractivity contribution in [3.8, 4) is 0 Å². The summed E-state index contributed by atoms with van der Waals surface area (Å²) in [6.07, 6.45) is 0.412. The normalized spacial score (nSPS) is 13.0. The molecule has 5 heteroatoms. The highest BCUT2D eigenvalue weighted by Crippen LogP contribution is 2.17. The quantitative estimate of drug-likeness (QED) is 0.723. The van der Waals surface area contributed by atoms with Gasteiger partial charge in [-0.15, -0.1) is 0 Å². The first-order valence-corrected chi connectivity index (χ1v) is 3.83. The van der Waals surface area contributed by atoms with E-state index in [9.17, 15) is 13.2 Å².